The van der Waals surface area contributed by atoms with Crippen molar-refractivity contribution < 1.29 is 17.9 Å². The van der Waals surface area contributed by atoms with Crippen LogP contribution in [0.15, 0.2) is 47.4 Å². The lowest BCUT2D eigenvalue weighted by molar-refractivity contribution is 0.340. The molecule has 0 aromatic heterocycles. The molecular formula is C18H23NO4S. The molecule has 0 aliphatic carbocycles. The molecule has 0 unspecified atom stereocenters. The van der Waals surface area contributed by atoms with Crippen molar-refractivity contribution in [1.29, 1.82) is 0 Å². The third-order valence-electron chi connectivity index (χ3n) is 3.55. The molecule has 2 aromatic rings. The average Bonchev–Trinajstić information content (AvgIpc) is 2.56. The van der Waals surface area contributed by atoms with Crippen LogP contribution in [0, 0.1) is 0 Å². The summed E-state index contributed by atoms with van der Waals surface area (Å²) in [6.45, 7) is 6.45. The Balaban J connectivity index is 2.28. The van der Waals surface area contributed by atoms with E-state index >= 15 is 0 Å². The van der Waals surface area contributed by atoms with Crippen LogP contribution in [-0.4, -0.2) is 22.1 Å². The van der Waals surface area contributed by atoms with Crippen molar-refractivity contribution in [2.75, 3.05) is 18.4 Å². The maximum atomic E-state index is 12.6. The van der Waals surface area contributed by atoms with Crippen LogP contribution < -0.4 is 14.2 Å². The van der Waals surface area contributed by atoms with Gasteiger partial charge in [-0.3, -0.25) is 4.72 Å². The summed E-state index contributed by atoms with van der Waals surface area (Å²) in [5, 5.41) is 0. The fourth-order valence-electron chi connectivity index (χ4n) is 2.33. The van der Waals surface area contributed by atoms with E-state index in [0.717, 1.165) is 5.56 Å². The van der Waals surface area contributed by atoms with Gasteiger partial charge in [-0.15, -0.1) is 0 Å². The van der Waals surface area contributed by atoms with Crippen LogP contribution in [0.5, 0.6) is 11.5 Å². The van der Waals surface area contributed by atoms with E-state index in [9.17, 15) is 8.42 Å². The van der Waals surface area contributed by atoms with E-state index < -0.39 is 10.0 Å². The normalized spacial score (nSPS) is 11.4. The first-order chi connectivity index (χ1) is 11.4. The maximum Gasteiger partial charge on any atom is 0.261 e. The minimum Gasteiger partial charge on any atom is -0.496 e. The molecule has 2 rings (SSSR count). The Hall–Kier alpha value is -2.21. The van der Waals surface area contributed by atoms with Crippen LogP contribution in [0.4, 0.5) is 5.69 Å². The van der Waals surface area contributed by atoms with Crippen molar-refractivity contribution in [3.05, 3.63) is 48.0 Å². The number of benzene rings is 2. The van der Waals surface area contributed by atoms with Gasteiger partial charge in [0, 0.05) is 5.69 Å². The first-order valence-electron chi connectivity index (χ1n) is 7.81. The molecule has 0 aliphatic rings. The zero-order valence-corrected chi connectivity index (χ0v) is 15.2. The number of hydrogen-bond donors (Lipinski definition) is 1. The number of anilines is 1. The molecule has 6 heteroatoms. The highest BCUT2D eigenvalue weighted by atomic mass is 32.2. The third-order valence-corrected chi connectivity index (χ3v) is 4.93. The molecule has 0 atom stereocenters. The molecule has 0 saturated carbocycles. The predicted molar refractivity (Wildman–Crippen MR) is 95.5 cm³/mol. The van der Waals surface area contributed by atoms with Crippen molar-refractivity contribution >= 4 is 15.7 Å². The molecule has 1 N–H and O–H groups in total. The van der Waals surface area contributed by atoms with E-state index in [4.69, 9.17) is 9.47 Å². The van der Waals surface area contributed by atoms with E-state index in [1.807, 2.05) is 20.8 Å². The molecule has 0 aliphatic heterocycles. The van der Waals surface area contributed by atoms with Gasteiger partial charge in [-0.25, -0.2) is 8.42 Å². The van der Waals surface area contributed by atoms with Gasteiger partial charge in [0.05, 0.1) is 18.6 Å². The van der Waals surface area contributed by atoms with Gasteiger partial charge in [-0.05, 0) is 60.9 Å². The van der Waals surface area contributed by atoms with Gasteiger partial charge >= 0.3 is 0 Å². The van der Waals surface area contributed by atoms with Crippen molar-refractivity contribution in [3.8, 4) is 11.5 Å². The standard InChI is InChI=1S/C18H23NO4S/c1-5-23-15-8-6-14(7-9-15)19-24(20,21)16-10-11-18(22-4)17(12-16)13(2)3/h6-13,19H,5H2,1-4H3. The molecule has 2 aromatic carbocycles. The lowest BCUT2D eigenvalue weighted by Gasteiger charge is -2.14. The second-order valence-electron chi connectivity index (χ2n) is 5.62. The SMILES string of the molecule is CCOc1ccc(NS(=O)(=O)c2ccc(OC)c(C(C)C)c2)cc1. The highest BCUT2D eigenvalue weighted by molar-refractivity contribution is 7.92. The molecule has 0 amide bonds. The van der Waals surface area contributed by atoms with Gasteiger partial charge < -0.3 is 9.47 Å². The Bertz CT molecular complexity index is 783. The third kappa shape index (κ3) is 4.20. The second-order valence-corrected chi connectivity index (χ2v) is 7.30. The molecule has 130 valence electrons. The van der Waals surface area contributed by atoms with E-state index in [-0.39, 0.29) is 10.8 Å². The molecule has 24 heavy (non-hydrogen) atoms. The molecule has 0 bridgehead atoms. The second kappa shape index (κ2) is 7.57. The summed E-state index contributed by atoms with van der Waals surface area (Å²) in [5.74, 6) is 1.54. The molecule has 0 saturated heterocycles. The predicted octanol–water partition coefficient (Wildman–Crippen LogP) is 4.02. The Morgan fingerprint density at radius 2 is 1.75 bits per heavy atom. The van der Waals surface area contributed by atoms with Crippen LogP contribution in [0.2, 0.25) is 0 Å². The fraction of sp³-hybridized carbons (Fsp3) is 0.333. The smallest absolute Gasteiger partial charge is 0.261 e. The molecule has 0 spiro atoms. The highest BCUT2D eigenvalue weighted by Crippen LogP contribution is 2.29. The lowest BCUT2D eigenvalue weighted by atomic mass is 10.0. The zero-order chi connectivity index (χ0) is 17.7. The van der Waals surface area contributed by atoms with E-state index in [0.29, 0.717) is 23.8 Å². The number of rotatable bonds is 7. The van der Waals surface area contributed by atoms with Crippen molar-refractivity contribution in [2.24, 2.45) is 0 Å². The molecule has 0 radical (unpaired) electrons. The summed E-state index contributed by atoms with van der Waals surface area (Å²) in [6, 6.07) is 11.7. The van der Waals surface area contributed by atoms with Crippen LogP contribution in [-0.2, 0) is 10.0 Å². The molecule has 5 nitrogen and oxygen atoms in total. The number of sulfonamides is 1. The van der Waals surface area contributed by atoms with Gasteiger partial charge in [0.15, 0.2) is 0 Å². The number of hydrogen-bond acceptors (Lipinski definition) is 4. The number of methoxy groups -OCH3 is 1. The summed E-state index contributed by atoms with van der Waals surface area (Å²) < 4.78 is 38.4. The van der Waals surface area contributed by atoms with Gasteiger partial charge in [-0.1, -0.05) is 13.8 Å². The number of ether oxygens (including phenoxy) is 2. The fourth-order valence-corrected chi connectivity index (χ4v) is 3.42. The van der Waals surface area contributed by atoms with Crippen molar-refractivity contribution in [2.45, 2.75) is 31.6 Å². The Morgan fingerprint density at radius 1 is 1.08 bits per heavy atom. The maximum absolute atomic E-state index is 12.6. The minimum absolute atomic E-state index is 0.153. The van der Waals surface area contributed by atoms with E-state index in [1.54, 1.807) is 49.6 Å². The Morgan fingerprint density at radius 3 is 2.29 bits per heavy atom. The molecular weight excluding hydrogens is 326 g/mol. The largest absolute Gasteiger partial charge is 0.496 e. The van der Waals surface area contributed by atoms with E-state index in [1.165, 1.54) is 0 Å². The summed E-state index contributed by atoms with van der Waals surface area (Å²) in [6.07, 6.45) is 0. The van der Waals surface area contributed by atoms with Crippen molar-refractivity contribution in [1.82, 2.24) is 0 Å². The summed E-state index contributed by atoms with van der Waals surface area (Å²) in [7, 11) is -2.09. The van der Waals surface area contributed by atoms with E-state index in [2.05, 4.69) is 4.72 Å². The minimum atomic E-state index is -3.67. The Kier molecular flexibility index (Phi) is 5.72. The first kappa shape index (κ1) is 18.1. The van der Waals surface area contributed by atoms with Gasteiger partial charge in [0.1, 0.15) is 11.5 Å². The lowest BCUT2D eigenvalue weighted by Crippen LogP contribution is -2.13. The van der Waals surface area contributed by atoms with Crippen LogP contribution in [0.1, 0.15) is 32.3 Å². The van der Waals surface area contributed by atoms with Crippen LogP contribution >= 0.6 is 0 Å². The summed E-state index contributed by atoms with van der Waals surface area (Å²) >= 11 is 0. The van der Waals surface area contributed by atoms with Crippen molar-refractivity contribution in [3.63, 3.8) is 0 Å². The molecule has 0 heterocycles. The average molecular weight is 349 g/mol. The topological polar surface area (TPSA) is 64.6 Å². The first-order valence-corrected chi connectivity index (χ1v) is 9.29. The van der Waals surface area contributed by atoms with Crippen LogP contribution in [0.3, 0.4) is 0 Å². The van der Waals surface area contributed by atoms with Gasteiger partial charge in [0.2, 0.25) is 0 Å². The number of nitrogens with one attached hydrogen (secondary N) is 1. The summed E-state index contributed by atoms with van der Waals surface area (Å²) in [4.78, 5) is 0.209. The quantitative estimate of drug-likeness (QED) is 0.820. The highest BCUT2D eigenvalue weighted by Gasteiger charge is 2.18. The molecule has 0 fully saturated rings. The summed E-state index contributed by atoms with van der Waals surface area (Å²) in [5.41, 5.74) is 1.34. The monoisotopic (exact) mass is 349 g/mol. The van der Waals surface area contributed by atoms with Crippen LogP contribution in [0.25, 0.3) is 0 Å². The zero-order valence-electron chi connectivity index (χ0n) is 14.4. The Labute approximate surface area is 143 Å². The van der Waals surface area contributed by atoms with Gasteiger partial charge in [0.25, 0.3) is 10.0 Å². The van der Waals surface area contributed by atoms with Gasteiger partial charge in [-0.2, -0.15) is 0 Å².